The summed E-state index contributed by atoms with van der Waals surface area (Å²) in [6.07, 6.45) is 4.38. The number of rotatable bonds is 7. The van der Waals surface area contributed by atoms with Crippen LogP contribution in [0.25, 0.3) is 10.8 Å². The Kier molecular flexibility index (Phi) is 7.02. The molecule has 0 bridgehead atoms. The van der Waals surface area contributed by atoms with Crippen LogP contribution in [0.5, 0.6) is 11.6 Å². The molecule has 0 spiro atoms. The number of hydrogen-bond donors (Lipinski definition) is 0. The van der Waals surface area contributed by atoms with E-state index in [1.54, 1.807) is 17.8 Å². The molecule has 0 radical (unpaired) electrons. The maximum absolute atomic E-state index is 13.8. The zero-order chi connectivity index (χ0) is 26.0. The van der Waals surface area contributed by atoms with Crippen molar-refractivity contribution in [2.24, 2.45) is 11.4 Å². The van der Waals surface area contributed by atoms with Crippen LogP contribution >= 0.6 is 0 Å². The van der Waals surface area contributed by atoms with E-state index in [1.165, 1.54) is 13.3 Å². The monoisotopic (exact) mass is 517 g/mol. The molecule has 3 aromatic carbocycles. The molecule has 5 rings (SSSR count). The first-order chi connectivity index (χ1) is 17.9. The fourth-order valence-corrected chi connectivity index (χ4v) is 7.00. The molecule has 1 aliphatic heterocycles. The highest BCUT2D eigenvalue weighted by Gasteiger charge is 2.26. The topological polar surface area (TPSA) is 82.8 Å². The lowest BCUT2D eigenvalue weighted by Crippen LogP contribution is -2.16. The average molecular weight is 518 g/mol. The number of fused-ring (bicyclic) bond motifs is 1. The molecule has 192 valence electrons. The number of ether oxygens (including phenoxy) is 2. The molecule has 4 aromatic rings. The number of carbonyl (C=O) groups is 1. The van der Waals surface area contributed by atoms with Gasteiger partial charge in [0.15, 0.2) is 5.75 Å². The molecule has 1 saturated heterocycles. The summed E-state index contributed by atoms with van der Waals surface area (Å²) >= 11 is 0. The van der Waals surface area contributed by atoms with E-state index in [1.807, 2.05) is 31.2 Å². The molecule has 0 atom stereocenters. The van der Waals surface area contributed by atoms with Crippen molar-refractivity contribution < 1.29 is 18.5 Å². The second-order valence-electron chi connectivity index (χ2n) is 9.43. The molecule has 1 fully saturated rings. The second-order valence-corrected chi connectivity index (χ2v) is 12.0. The van der Waals surface area contributed by atoms with Crippen molar-refractivity contribution in [2.45, 2.75) is 32.8 Å². The number of hydrogen-bond acceptors (Lipinski definition) is 6. The number of nitrogens with zero attached hydrogens (tertiary/aromatic N) is 3. The van der Waals surface area contributed by atoms with Gasteiger partial charge in [0, 0.05) is 18.6 Å². The summed E-state index contributed by atoms with van der Waals surface area (Å²) in [6.45, 7) is 2.18. The van der Waals surface area contributed by atoms with Crippen molar-refractivity contribution in [3.63, 3.8) is 0 Å². The minimum absolute atomic E-state index is 0.284. The van der Waals surface area contributed by atoms with Gasteiger partial charge in [-0.05, 0) is 53.8 Å². The first-order valence-electron chi connectivity index (χ1n) is 12.5. The van der Waals surface area contributed by atoms with Crippen LogP contribution in [0, 0.1) is 6.92 Å². The zero-order valence-corrected chi connectivity index (χ0v) is 22.2. The van der Waals surface area contributed by atoms with Crippen molar-refractivity contribution in [1.82, 2.24) is 9.78 Å². The van der Waals surface area contributed by atoms with Crippen LogP contribution in [-0.2, 0) is 23.4 Å². The molecule has 0 amide bonds. The Balaban J connectivity index is 1.47. The smallest absolute Gasteiger partial charge is 0.223 e. The highest BCUT2D eigenvalue weighted by Crippen LogP contribution is 2.38. The predicted octanol–water partition coefficient (Wildman–Crippen LogP) is 5.98. The van der Waals surface area contributed by atoms with Gasteiger partial charge in [0.1, 0.15) is 17.9 Å². The standard InChI is InChI=1S/C29H31N3O4S/c1-20-11-14-24(28(35-3)26(20)31-37(34)15-7-4-8-16-37)27(33)25-18-30-32(2)29(25)36-19-21-12-13-22-9-5-6-10-23(22)17-21/h5-6,9-14,17-18H,4,7-8,15-16,19H2,1-3H3. The van der Waals surface area contributed by atoms with Gasteiger partial charge < -0.3 is 9.47 Å². The summed E-state index contributed by atoms with van der Waals surface area (Å²) in [6, 6.07) is 17.9. The van der Waals surface area contributed by atoms with Crippen LogP contribution in [0.3, 0.4) is 0 Å². The lowest BCUT2D eigenvalue weighted by Gasteiger charge is -2.18. The summed E-state index contributed by atoms with van der Waals surface area (Å²) in [4.78, 5) is 13.8. The normalized spacial score (nSPS) is 14.9. The Labute approximate surface area is 217 Å². The maximum Gasteiger partial charge on any atom is 0.223 e. The van der Waals surface area contributed by atoms with E-state index in [4.69, 9.17) is 9.47 Å². The molecule has 2 heterocycles. The van der Waals surface area contributed by atoms with E-state index in [9.17, 15) is 9.00 Å². The minimum atomic E-state index is -2.37. The third kappa shape index (κ3) is 5.11. The number of methoxy groups -OCH3 is 1. The molecular formula is C29H31N3O4S. The first-order valence-corrected chi connectivity index (χ1v) is 14.3. The van der Waals surface area contributed by atoms with Crippen molar-refractivity contribution in [3.8, 4) is 11.6 Å². The quantitative estimate of drug-likeness (QED) is 0.282. The van der Waals surface area contributed by atoms with E-state index in [2.05, 4.69) is 33.7 Å². The summed E-state index contributed by atoms with van der Waals surface area (Å²) in [5.41, 5.74) is 2.97. The Morgan fingerprint density at radius 3 is 2.54 bits per heavy atom. The molecular weight excluding hydrogens is 486 g/mol. The number of aromatic nitrogens is 2. The van der Waals surface area contributed by atoms with Crippen LogP contribution in [0.4, 0.5) is 5.69 Å². The molecule has 7 nitrogen and oxygen atoms in total. The van der Waals surface area contributed by atoms with Crippen molar-refractivity contribution in [3.05, 3.63) is 83.0 Å². The fourth-order valence-electron chi connectivity index (χ4n) is 4.74. The van der Waals surface area contributed by atoms with Crippen molar-refractivity contribution in [2.75, 3.05) is 18.6 Å². The number of aryl methyl sites for hydroxylation is 2. The van der Waals surface area contributed by atoms with Crippen LogP contribution in [0.15, 0.2) is 65.2 Å². The third-order valence-corrected chi connectivity index (χ3v) is 9.15. The van der Waals surface area contributed by atoms with Gasteiger partial charge in [-0.25, -0.2) is 8.89 Å². The van der Waals surface area contributed by atoms with Gasteiger partial charge in [-0.2, -0.15) is 9.46 Å². The van der Waals surface area contributed by atoms with Crippen molar-refractivity contribution >= 4 is 32.0 Å². The lowest BCUT2D eigenvalue weighted by molar-refractivity contribution is 0.103. The highest BCUT2D eigenvalue weighted by molar-refractivity contribution is 7.93. The predicted molar refractivity (Wildman–Crippen MR) is 146 cm³/mol. The number of ketones is 1. The molecule has 1 aromatic heterocycles. The molecule has 0 saturated carbocycles. The van der Waals surface area contributed by atoms with E-state index in [0.29, 0.717) is 46.6 Å². The summed E-state index contributed by atoms with van der Waals surface area (Å²) < 4.78 is 31.4. The number of carbonyl (C=O) groups excluding carboxylic acids is 1. The molecule has 0 aliphatic carbocycles. The van der Waals surface area contributed by atoms with Gasteiger partial charge in [-0.15, -0.1) is 0 Å². The van der Waals surface area contributed by atoms with Gasteiger partial charge in [-0.1, -0.05) is 48.9 Å². The largest absolute Gasteiger partial charge is 0.494 e. The van der Waals surface area contributed by atoms with E-state index in [0.717, 1.165) is 41.2 Å². The van der Waals surface area contributed by atoms with Gasteiger partial charge in [0.2, 0.25) is 11.7 Å². The van der Waals surface area contributed by atoms with Gasteiger partial charge in [0.25, 0.3) is 0 Å². The van der Waals surface area contributed by atoms with E-state index in [-0.39, 0.29) is 5.78 Å². The van der Waals surface area contributed by atoms with Crippen LogP contribution in [0.2, 0.25) is 0 Å². The fraction of sp³-hybridized carbons (Fsp3) is 0.310. The van der Waals surface area contributed by atoms with E-state index < -0.39 is 9.73 Å². The van der Waals surface area contributed by atoms with Crippen molar-refractivity contribution in [1.29, 1.82) is 0 Å². The Bertz CT molecular complexity index is 1590. The molecule has 1 aliphatic rings. The van der Waals surface area contributed by atoms with Crippen LogP contribution < -0.4 is 9.47 Å². The van der Waals surface area contributed by atoms with E-state index >= 15 is 0 Å². The molecule has 37 heavy (non-hydrogen) atoms. The SMILES string of the molecule is COc1c(C(=O)c2cnn(C)c2OCc2ccc3ccccc3c2)ccc(C)c1N=S1(=O)CCCCC1. The summed E-state index contributed by atoms with van der Waals surface area (Å²) in [5.74, 6) is 1.57. The van der Waals surface area contributed by atoms with Gasteiger partial charge in [0.05, 0.1) is 28.6 Å². The van der Waals surface area contributed by atoms with Gasteiger partial charge in [-0.3, -0.25) is 4.79 Å². The second kappa shape index (κ2) is 10.4. The minimum Gasteiger partial charge on any atom is -0.494 e. The summed E-state index contributed by atoms with van der Waals surface area (Å²) in [5, 5.41) is 6.57. The Morgan fingerprint density at radius 1 is 1.03 bits per heavy atom. The first kappa shape index (κ1) is 25.0. The maximum atomic E-state index is 13.8. The average Bonchev–Trinajstić information content (AvgIpc) is 3.28. The molecule has 0 N–H and O–H groups in total. The Morgan fingerprint density at radius 2 is 1.78 bits per heavy atom. The summed E-state index contributed by atoms with van der Waals surface area (Å²) in [7, 11) is 0.884. The number of benzene rings is 3. The van der Waals surface area contributed by atoms with Crippen LogP contribution in [-0.4, -0.2) is 38.4 Å². The lowest BCUT2D eigenvalue weighted by atomic mass is 10.0. The molecule has 8 heteroatoms. The Hall–Kier alpha value is -3.65. The van der Waals surface area contributed by atoms with Crippen LogP contribution in [0.1, 0.15) is 46.3 Å². The zero-order valence-electron chi connectivity index (χ0n) is 21.4. The third-order valence-electron chi connectivity index (χ3n) is 6.78. The molecule has 0 unspecified atom stereocenters. The van der Waals surface area contributed by atoms with Gasteiger partial charge >= 0.3 is 0 Å². The highest BCUT2D eigenvalue weighted by atomic mass is 32.2.